The standard InChI is InChI=1S/C20H15ClN4O4S/c21-16-7-3-13(9-17(16)25(28)29)4-8-19(26)24-12-30-11-18(24)20(27)23-15-5-1-14(10-22)2-6-15/h1-9,18H,11-12H2,(H,23,27)/b8-4+. The van der Waals surface area contributed by atoms with Gasteiger partial charge in [0.2, 0.25) is 11.8 Å². The van der Waals surface area contributed by atoms with Gasteiger partial charge >= 0.3 is 0 Å². The second-order valence-electron chi connectivity index (χ2n) is 6.30. The van der Waals surface area contributed by atoms with Crippen LogP contribution in [-0.2, 0) is 9.59 Å². The van der Waals surface area contributed by atoms with E-state index in [2.05, 4.69) is 5.32 Å². The summed E-state index contributed by atoms with van der Waals surface area (Å²) < 4.78 is 0. The number of hydrogen-bond acceptors (Lipinski definition) is 6. The van der Waals surface area contributed by atoms with Gasteiger partial charge in [0.1, 0.15) is 11.1 Å². The lowest BCUT2D eigenvalue weighted by Gasteiger charge is -2.21. The van der Waals surface area contributed by atoms with Gasteiger partial charge in [-0.25, -0.2) is 0 Å². The molecule has 0 saturated carbocycles. The fourth-order valence-electron chi connectivity index (χ4n) is 2.77. The Balaban J connectivity index is 1.68. The third kappa shape index (κ3) is 4.97. The van der Waals surface area contributed by atoms with E-state index in [0.29, 0.717) is 28.4 Å². The van der Waals surface area contributed by atoms with Crippen molar-refractivity contribution in [2.24, 2.45) is 0 Å². The summed E-state index contributed by atoms with van der Waals surface area (Å²) in [4.78, 5) is 37.0. The first-order valence-electron chi connectivity index (χ1n) is 8.70. The van der Waals surface area contributed by atoms with Gasteiger partial charge in [0, 0.05) is 23.6 Å². The predicted molar refractivity (Wildman–Crippen MR) is 115 cm³/mol. The van der Waals surface area contributed by atoms with Gasteiger partial charge in [-0.3, -0.25) is 19.7 Å². The van der Waals surface area contributed by atoms with Crippen LogP contribution in [0, 0.1) is 21.4 Å². The third-order valence-electron chi connectivity index (χ3n) is 4.33. The first-order valence-corrected chi connectivity index (χ1v) is 10.2. The normalized spacial score (nSPS) is 15.7. The van der Waals surface area contributed by atoms with Crippen molar-refractivity contribution >= 4 is 52.6 Å². The third-order valence-corrected chi connectivity index (χ3v) is 5.67. The molecule has 1 unspecified atom stereocenters. The molecule has 0 spiro atoms. The Bertz CT molecular complexity index is 1070. The van der Waals surface area contributed by atoms with Crippen LogP contribution in [0.1, 0.15) is 11.1 Å². The summed E-state index contributed by atoms with van der Waals surface area (Å²) in [6, 6.07) is 12.0. The van der Waals surface area contributed by atoms with Crippen molar-refractivity contribution in [2.75, 3.05) is 16.9 Å². The molecule has 1 saturated heterocycles. The summed E-state index contributed by atoms with van der Waals surface area (Å²) in [7, 11) is 0. The zero-order valence-corrected chi connectivity index (χ0v) is 17.0. The Morgan fingerprint density at radius 1 is 1.30 bits per heavy atom. The van der Waals surface area contributed by atoms with Crippen molar-refractivity contribution in [2.45, 2.75) is 6.04 Å². The van der Waals surface area contributed by atoms with E-state index >= 15 is 0 Å². The smallest absolute Gasteiger partial charge is 0.288 e. The van der Waals surface area contributed by atoms with Crippen LogP contribution in [0.25, 0.3) is 6.08 Å². The van der Waals surface area contributed by atoms with E-state index in [0.717, 1.165) is 0 Å². The quantitative estimate of drug-likeness (QED) is 0.429. The average molecular weight is 443 g/mol. The maximum absolute atomic E-state index is 12.6. The number of carbonyl (C=O) groups excluding carboxylic acids is 2. The van der Waals surface area contributed by atoms with E-state index in [1.54, 1.807) is 30.3 Å². The Hall–Kier alpha value is -3.35. The molecule has 0 radical (unpaired) electrons. The molecule has 1 fully saturated rings. The number of rotatable bonds is 5. The largest absolute Gasteiger partial charge is 0.324 e. The SMILES string of the molecule is N#Cc1ccc(NC(=O)C2CSCN2C(=O)/C=C/c2ccc(Cl)c([N+](=O)[O-])c2)cc1. The van der Waals surface area contributed by atoms with E-state index in [-0.39, 0.29) is 22.5 Å². The van der Waals surface area contributed by atoms with Gasteiger partial charge in [0.05, 0.1) is 22.4 Å². The summed E-state index contributed by atoms with van der Waals surface area (Å²) in [5, 5.41) is 22.6. The molecular formula is C20H15ClN4O4S. The zero-order chi connectivity index (χ0) is 21.7. The predicted octanol–water partition coefficient (Wildman–Crippen LogP) is 3.67. The van der Waals surface area contributed by atoms with Crippen molar-refractivity contribution in [3.8, 4) is 6.07 Å². The molecule has 8 nitrogen and oxygen atoms in total. The maximum Gasteiger partial charge on any atom is 0.288 e. The van der Waals surface area contributed by atoms with Crippen LogP contribution in [-0.4, -0.2) is 39.3 Å². The number of nitrogens with one attached hydrogen (secondary N) is 1. The molecular weight excluding hydrogens is 428 g/mol. The molecule has 0 bridgehead atoms. The van der Waals surface area contributed by atoms with Crippen molar-refractivity contribution < 1.29 is 14.5 Å². The van der Waals surface area contributed by atoms with E-state index in [9.17, 15) is 19.7 Å². The van der Waals surface area contributed by atoms with Crippen LogP contribution in [0.3, 0.4) is 0 Å². The van der Waals surface area contributed by atoms with Crippen molar-refractivity contribution in [3.63, 3.8) is 0 Å². The maximum atomic E-state index is 12.6. The Labute approximate surface area is 181 Å². The van der Waals surface area contributed by atoms with Crippen LogP contribution < -0.4 is 5.32 Å². The van der Waals surface area contributed by atoms with Crippen LogP contribution >= 0.6 is 23.4 Å². The molecule has 0 aliphatic carbocycles. The summed E-state index contributed by atoms with van der Waals surface area (Å²) in [6.45, 7) is 0. The van der Waals surface area contributed by atoms with Crippen molar-refractivity contribution in [3.05, 3.63) is 74.8 Å². The highest BCUT2D eigenvalue weighted by Gasteiger charge is 2.33. The highest BCUT2D eigenvalue weighted by Crippen LogP contribution is 2.26. The molecule has 2 amide bonds. The van der Waals surface area contributed by atoms with Gasteiger partial charge in [0.15, 0.2) is 0 Å². The zero-order valence-electron chi connectivity index (χ0n) is 15.4. The number of hydrogen-bond donors (Lipinski definition) is 1. The van der Waals surface area contributed by atoms with E-state index < -0.39 is 11.0 Å². The first-order chi connectivity index (χ1) is 14.4. The van der Waals surface area contributed by atoms with Crippen LogP contribution in [0.15, 0.2) is 48.5 Å². The lowest BCUT2D eigenvalue weighted by molar-refractivity contribution is -0.384. The molecule has 1 atom stereocenters. The van der Waals surface area contributed by atoms with Crippen LogP contribution in [0.2, 0.25) is 5.02 Å². The Morgan fingerprint density at radius 3 is 2.70 bits per heavy atom. The minimum Gasteiger partial charge on any atom is -0.324 e. The molecule has 1 heterocycles. The molecule has 1 aliphatic rings. The monoisotopic (exact) mass is 442 g/mol. The summed E-state index contributed by atoms with van der Waals surface area (Å²) in [6.07, 6.45) is 2.73. The van der Waals surface area contributed by atoms with E-state index in [1.165, 1.54) is 40.9 Å². The molecule has 1 aliphatic heterocycles. The number of nitro benzene ring substituents is 1. The first kappa shape index (κ1) is 21.4. The molecule has 1 N–H and O–H groups in total. The fourth-order valence-corrected chi connectivity index (χ4v) is 4.12. The number of nitro groups is 1. The van der Waals surface area contributed by atoms with Gasteiger partial charge in [-0.1, -0.05) is 17.7 Å². The van der Waals surface area contributed by atoms with Gasteiger partial charge < -0.3 is 10.2 Å². The van der Waals surface area contributed by atoms with Gasteiger partial charge in [-0.15, -0.1) is 11.8 Å². The van der Waals surface area contributed by atoms with Crippen molar-refractivity contribution in [1.29, 1.82) is 5.26 Å². The highest BCUT2D eigenvalue weighted by atomic mass is 35.5. The molecule has 30 heavy (non-hydrogen) atoms. The molecule has 2 aromatic rings. The number of amides is 2. The highest BCUT2D eigenvalue weighted by molar-refractivity contribution is 7.99. The van der Waals surface area contributed by atoms with Gasteiger partial charge in [0.25, 0.3) is 5.69 Å². The average Bonchev–Trinajstić information content (AvgIpc) is 3.23. The molecule has 10 heteroatoms. The summed E-state index contributed by atoms with van der Waals surface area (Å²) in [5.41, 5.74) is 1.22. The minimum atomic E-state index is -0.651. The lowest BCUT2D eigenvalue weighted by atomic mass is 10.1. The Kier molecular flexibility index (Phi) is 6.72. The molecule has 0 aromatic heterocycles. The lowest BCUT2D eigenvalue weighted by Crippen LogP contribution is -2.43. The van der Waals surface area contributed by atoms with Crippen LogP contribution in [0.5, 0.6) is 0 Å². The number of benzene rings is 2. The van der Waals surface area contributed by atoms with Gasteiger partial charge in [-0.05, 0) is 42.0 Å². The number of nitriles is 1. The second kappa shape index (κ2) is 9.43. The summed E-state index contributed by atoms with van der Waals surface area (Å²) >= 11 is 7.25. The summed E-state index contributed by atoms with van der Waals surface area (Å²) in [5.74, 6) is 0.106. The number of carbonyl (C=O) groups is 2. The molecule has 2 aromatic carbocycles. The topological polar surface area (TPSA) is 116 Å². The van der Waals surface area contributed by atoms with E-state index in [4.69, 9.17) is 16.9 Å². The van der Waals surface area contributed by atoms with Crippen LogP contribution in [0.4, 0.5) is 11.4 Å². The molecule has 152 valence electrons. The number of halogens is 1. The minimum absolute atomic E-state index is 0.0129. The van der Waals surface area contributed by atoms with E-state index in [1.807, 2.05) is 6.07 Å². The fraction of sp³-hybridized carbons (Fsp3) is 0.150. The van der Waals surface area contributed by atoms with Crippen molar-refractivity contribution in [1.82, 2.24) is 4.90 Å². The number of nitrogens with zero attached hydrogens (tertiary/aromatic N) is 3. The molecule has 3 rings (SSSR count). The number of thioether (sulfide) groups is 1. The van der Waals surface area contributed by atoms with Gasteiger partial charge in [-0.2, -0.15) is 5.26 Å². The number of anilines is 1. The second-order valence-corrected chi connectivity index (χ2v) is 7.71. The Morgan fingerprint density at radius 2 is 2.03 bits per heavy atom.